The van der Waals surface area contributed by atoms with Crippen molar-refractivity contribution in [3.05, 3.63) is 88.8 Å². The number of carbonyl (C=O) groups is 2. The number of halogens is 2. The Balaban J connectivity index is 1.61. The molecule has 2 aromatic carbocycles. The molecule has 0 fully saturated rings. The van der Waals surface area contributed by atoms with Crippen LogP contribution in [0.25, 0.3) is 6.08 Å². The third-order valence-electron chi connectivity index (χ3n) is 4.45. The Hall–Kier alpha value is -3.58. The Labute approximate surface area is 176 Å². The minimum Gasteiger partial charge on any atom is -0.467 e. The smallest absolute Gasteiger partial charge is 0.294 e. The van der Waals surface area contributed by atoms with Gasteiger partial charge in [0.05, 0.1) is 23.5 Å². The molecule has 0 unspecified atom stereocenters. The summed E-state index contributed by atoms with van der Waals surface area (Å²) in [6.45, 7) is -0.0538. The molecule has 30 heavy (non-hydrogen) atoms. The van der Waals surface area contributed by atoms with Crippen LogP contribution in [0.15, 0.2) is 71.0 Å². The molecule has 2 amide bonds. The monoisotopic (exact) mass is 426 g/mol. The summed E-state index contributed by atoms with van der Waals surface area (Å²) in [4.78, 5) is 26.8. The first-order valence-electron chi connectivity index (χ1n) is 9.06. The van der Waals surface area contributed by atoms with Gasteiger partial charge in [0.2, 0.25) is 5.91 Å². The molecule has 0 atom stereocenters. The van der Waals surface area contributed by atoms with Crippen molar-refractivity contribution in [3.8, 4) is 5.75 Å². The highest BCUT2D eigenvalue weighted by atomic mass is 35.5. The van der Waals surface area contributed by atoms with Crippen molar-refractivity contribution in [1.82, 2.24) is 5.32 Å². The zero-order valence-corrected chi connectivity index (χ0v) is 16.4. The molecule has 6 nitrogen and oxygen atoms in total. The van der Waals surface area contributed by atoms with Crippen LogP contribution in [0.2, 0.25) is 5.02 Å². The molecule has 3 aromatic rings. The first kappa shape index (κ1) is 19.7. The number of anilines is 1. The van der Waals surface area contributed by atoms with Gasteiger partial charge in [-0.05, 0) is 42.5 Å². The van der Waals surface area contributed by atoms with Crippen LogP contribution >= 0.6 is 11.6 Å². The minimum atomic E-state index is -0.590. The molecule has 0 bridgehead atoms. The number of carbonyl (C=O) groups excluding carboxylic acids is 2. The third kappa shape index (κ3) is 4.06. The first-order valence-corrected chi connectivity index (χ1v) is 9.44. The van der Waals surface area contributed by atoms with E-state index in [1.807, 2.05) is 0 Å². The van der Waals surface area contributed by atoms with E-state index in [4.69, 9.17) is 20.8 Å². The number of benzene rings is 2. The molecule has 1 aliphatic rings. The predicted molar refractivity (Wildman–Crippen MR) is 109 cm³/mol. The first-order chi connectivity index (χ1) is 14.5. The van der Waals surface area contributed by atoms with Crippen molar-refractivity contribution in [2.75, 3.05) is 11.4 Å². The predicted octanol–water partition coefficient (Wildman–Crippen LogP) is 4.16. The Kier molecular flexibility index (Phi) is 5.54. The third-order valence-corrected chi connectivity index (χ3v) is 4.78. The van der Waals surface area contributed by atoms with Crippen LogP contribution in [0.1, 0.15) is 11.3 Å². The van der Waals surface area contributed by atoms with E-state index in [0.717, 1.165) is 0 Å². The molecule has 1 aliphatic heterocycles. The second kappa shape index (κ2) is 8.42. The molecule has 1 aromatic heterocycles. The quantitative estimate of drug-likeness (QED) is 0.622. The summed E-state index contributed by atoms with van der Waals surface area (Å²) in [5.74, 6) is -0.741. The van der Waals surface area contributed by atoms with E-state index in [0.29, 0.717) is 17.2 Å². The Morgan fingerprint density at radius 2 is 1.97 bits per heavy atom. The molecule has 0 saturated carbocycles. The molecule has 0 spiro atoms. The fourth-order valence-corrected chi connectivity index (χ4v) is 3.21. The van der Waals surface area contributed by atoms with Crippen LogP contribution < -0.4 is 15.0 Å². The Morgan fingerprint density at radius 3 is 2.73 bits per heavy atom. The maximum Gasteiger partial charge on any atom is 0.294 e. The van der Waals surface area contributed by atoms with Gasteiger partial charge in [-0.15, -0.1) is 0 Å². The van der Waals surface area contributed by atoms with Crippen molar-refractivity contribution >= 4 is 35.2 Å². The normalized spacial score (nSPS) is 14.4. The van der Waals surface area contributed by atoms with Gasteiger partial charge in [-0.2, -0.15) is 0 Å². The minimum absolute atomic E-state index is 0.0316. The average Bonchev–Trinajstić information content (AvgIpc) is 3.26. The summed E-state index contributed by atoms with van der Waals surface area (Å²) in [6.07, 6.45) is 2.75. The van der Waals surface area contributed by atoms with E-state index in [1.54, 1.807) is 36.4 Å². The molecule has 0 saturated heterocycles. The van der Waals surface area contributed by atoms with Gasteiger partial charge in [0.15, 0.2) is 11.5 Å². The lowest BCUT2D eigenvalue weighted by Gasteiger charge is -2.30. The van der Waals surface area contributed by atoms with Gasteiger partial charge in [0, 0.05) is 5.56 Å². The van der Waals surface area contributed by atoms with Gasteiger partial charge in [-0.25, -0.2) is 4.39 Å². The summed E-state index contributed by atoms with van der Waals surface area (Å²) in [6, 6.07) is 14.4. The summed E-state index contributed by atoms with van der Waals surface area (Å²) in [5.41, 5.74) is 0.469. The van der Waals surface area contributed by atoms with Gasteiger partial charge in [0.1, 0.15) is 18.1 Å². The number of furan rings is 1. The van der Waals surface area contributed by atoms with E-state index in [2.05, 4.69) is 5.32 Å². The van der Waals surface area contributed by atoms with Gasteiger partial charge in [-0.3, -0.25) is 14.5 Å². The van der Waals surface area contributed by atoms with Gasteiger partial charge >= 0.3 is 0 Å². The molecule has 2 heterocycles. The second-order valence-electron chi connectivity index (χ2n) is 6.46. The molecule has 1 N–H and O–H groups in total. The lowest BCUT2D eigenvalue weighted by Crippen LogP contribution is -2.44. The topological polar surface area (TPSA) is 71.8 Å². The standard InChI is InChI=1S/C22H16ClFN2O4/c23-16-6-3-7-17(24)15(16)11-20-22(28)26(18-8-1-2-9-19(18)30-20)13-21(27)25-12-14-5-4-10-29-14/h1-11H,12-13H2,(H,25,27). The Bertz CT molecular complexity index is 1110. The lowest BCUT2D eigenvalue weighted by molar-refractivity contribution is -0.123. The number of fused-ring (bicyclic) bond motifs is 1. The summed E-state index contributed by atoms with van der Waals surface area (Å²) >= 11 is 6.07. The number of rotatable bonds is 5. The zero-order valence-electron chi connectivity index (χ0n) is 15.6. The molecular weight excluding hydrogens is 411 g/mol. The van der Waals surface area contributed by atoms with Crippen LogP contribution in [-0.2, 0) is 16.1 Å². The summed E-state index contributed by atoms with van der Waals surface area (Å²) < 4.78 is 25.1. The Morgan fingerprint density at radius 1 is 1.13 bits per heavy atom. The van der Waals surface area contributed by atoms with E-state index in [9.17, 15) is 14.0 Å². The SMILES string of the molecule is O=C(CN1C(=O)C(=Cc2c(F)cccc2Cl)Oc2ccccc21)NCc1ccco1. The van der Waals surface area contributed by atoms with E-state index >= 15 is 0 Å². The van der Waals surface area contributed by atoms with E-state index < -0.39 is 11.7 Å². The number of nitrogens with zero attached hydrogens (tertiary/aromatic N) is 1. The largest absolute Gasteiger partial charge is 0.467 e. The van der Waals surface area contributed by atoms with Crippen molar-refractivity contribution in [2.24, 2.45) is 0 Å². The number of hydrogen-bond donors (Lipinski definition) is 1. The number of nitrogens with one attached hydrogen (secondary N) is 1. The van der Waals surface area contributed by atoms with Gasteiger partial charge in [-0.1, -0.05) is 29.8 Å². The van der Waals surface area contributed by atoms with Crippen molar-refractivity contribution in [2.45, 2.75) is 6.54 Å². The van der Waals surface area contributed by atoms with Gasteiger partial charge < -0.3 is 14.5 Å². The molecule has 0 aliphatic carbocycles. The van der Waals surface area contributed by atoms with Crippen molar-refractivity contribution in [3.63, 3.8) is 0 Å². The maximum atomic E-state index is 14.2. The highest BCUT2D eigenvalue weighted by Gasteiger charge is 2.32. The molecule has 0 radical (unpaired) electrons. The van der Waals surface area contributed by atoms with Crippen LogP contribution in [0, 0.1) is 5.82 Å². The van der Waals surface area contributed by atoms with Crippen LogP contribution in [0.3, 0.4) is 0 Å². The number of amides is 2. The number of hydrogen-bond acceptors (Lipinski definition) is 4. The molecule has 8 heteroatoms. The highest BCUT2D eigenvalue weighted by Crippen LogP contribution is 2.36. The lowest BCUT2D eigenvalue weighted by atomic mass is 10.1. The highest BCUT2D eigenvalue weighted by molar-refractivity contribution is 6.32. The van der Waals surface area contributed by atoms with Crippen molar-refractivity contribution in [1.29, 1.82) is 0 Å². The van der Waals surface area contributed by atoms with Crippen LogP contribution in [-0.4, -0.2) is 18.4 Å². The fraction of sp³-hybridized carbons (Fsp3) is 0.0909. The molecule has 4 rings (SSSR count). The second-order valence-corrected chi connectivity index (χ2v) is 6.87. The maximum absolute atomic E-state index is 14.2. The van der Waals surface area contributed by atoms with Gasteiger partial charge in [0.25, 0.3) is 5.91 Å². The number of ether oxygens (including phenoxy) is 1. The number of para-hydroxylation sites is 2. The van der Waals surface area contributed by atoms with Crippen LogP contribution in [0.5, 0.6) is 5.75 Å². The van der Waals surface area contributed by atoms with E-state index in [-0.39, 0.29) is 35.3 Å². The molecular formula is C22H16ClFN2O4. The zero-order chi connectivity index (χ0) is 21.1. The fourth-order valence-electron chi connectivity index (χ4n) is 3.00. The van der Waals surface area contributed by atoms with Crippen LogP contribution in [0.4, 0.5) is 10.1 Å². The van der Waals surface area contributed by atoms with E-state index in [1.165, 1.54) is 35.4 Å². The molecule has 152 valence electrons. The average molecular weight is 427 g/mol. The summed E-state index contributed by atoms with van der Waals surface area (Å²) in [5, 5.41) is 2.84. The van der Waals surface area contributed by atoms with Crippen molar-refractivity contribution < 1.29 is 23.1 Å². The summed E-state index contributed by atoms with van der Waals surface area (Å²) in [7, 11) is 0.